The first kappa shape index (κ1) is 14.0. The maximum Gasteiger partial charge on any atom is 0.258 e. The summed E-state index contributed by atoms with van der Waals surface area (Å²) in [7, 11) is 0. The summed E-state index contributed by atoms with van der Waals surface area (Å²) in [6, 6.07) is 15.2. The average Bonchev–Trinajstić information content (AvgIpc) is 2.98. The first-order valence-corrected chi connectivity index (χ1v) is 7.72. The Bertz CT molecular complexity index is 879. The monoisotopic (exact) mass is 307 g/mol. The van der Waals surface area contributed by atoms with Crippen LogP contribution in [0.15, 0.2) is 59.5 Å². The third-order valence-electron chi connectivity index (χ3n) is 4.02. The molecule has 1 unspecified atom stereocenters. The number of ether oxygens (including phenoxy) is 1. The first-order valence-electron chi connectivity index (χ1n) is 7.72. The smallest absolute Gasteiger partial charge is 0.258 e. The van der Waals surface area contributed by atoms with Crippen LogP contribution in [0.1, 0.15) is 11.3 Å². The van der Waals surface area contributed by atoms with Crippen LogP contribution in [0.4, 0.5) is 0 Å². The molecular weight excluding hydrogens is 290 g/mol. The lowest BCUT2D eigenvalue weighted by molar-refractivity contribution is 0.227. The number of benzene rings is 1. The Morgan fingerprint density at radius 1 is 1.22 bits per heavy atom. The molecule has 5 nitrogen and oxygen atoms in total. The molecule has 1 aliphatic heterocycles. The van der Waals surface area contributed by atoms with E-state index in [1.165, 1.54) is 5.56 Å². The summed E-state index contributed by atoms with van der Waals surface area (Å²) in [5.74, 6) is 0.973. The van der Waals surface area contributed by atoms with Gasteiger partial charge in [0.05, 0.1) is 5.69 Å². The molecule has 0 amide bonds. The van der Waals surface area contributed by atoms with Crippen molar-refractivity contribution >= 4 is 5.65 Å². The zero-order valence-electron chi connectivity index (χ0n) is 12.6. The highest BCUT2D eigenvalue weighted by Crippen LogP contribution is 2.27. The number of fused-ring (bicyclic) bond motifs is 2. The Morgan fingerprint density at radius 3 is 3.00 bits per heavy atom. The second kappa shape index (κ2) is 5.85. The lowest BCUT2D eigenvalue weighted by atomic mass is 10.1. The van der Waals surface area contributed by atoms with E-state index in [0.29, 0.717) is 12.2 Å². The van der Waals surface area contributed by atoms with Gasteiger partial charge in [-0.2, -0.15) is 0 Å². The minimum atomic E-state index is -0.0584. The van der Waals surface area contributed by atoms with Gasteiger partial charge in [-0.1, -0.05) is 24.3 Å². The molecule has 23 heavy (non-hydrogen) atoms. The summed E-state index contributed by atoms with van der Waals surface area (Å²) in [6.07, 6.45) is 2.77. The molecule has 0 bridgehead atoms. The van der Waals surface area contributed by atoms with Crippen LogP contribution in [0.3, 0.4) is 0 Å². The van der Waals surface area contributed by atoms with Gasteiger partial charge < -0.3 is 10.1 Å². The zero-order valence-corrected chi connectivity index (χ0v) is 12.6. The van der Waals surface area contributed by atoms with Crippen LogP contribution >= 0.6 is 0 Å². The van der Waals surface area contributed by atoms with Crippen molar-refractivity contribution in [2.75, 3.05) is 6.54 Å². The van der Waals surface area contributed by atoms with Crippen molar-refractivity contribution in [2.45, 2.75) is 19.1 Å². The molecule has 1 N–H and O–H groups in total. The van der Waals surface area contributed by atoms with Gasteiger partial charge in [0.15, 0.2) is 0 Å². The SMILES string of the molecule is O=c1cc(CNCC2Cc3ccccc3O2)nc2ccccn12. The molecule has 0 aliphatic carbocycles. The van der Waals surface area contributed by atoms with Crippen LogP contribution in [-0.2, 0) is 13.0 Å². The molecule has 5 heteroatoms. The van der Waals surface area contributed by atoms with Crippen molar-refractivity contribution in [1.29, 1.82) is 0 Å². The maximum atomic E-state index is 12.0. The fourth-order valence-corrected chi connectivity index (χ4v) is 2.92. The number of pyridine rings is 1. The molecule has 3 heterocycles. The molecule has 0 fully saturated rings. The number of rotatable bonds is 4. The van der Waals surface area contributed by atoms with Gasteiger partial charge >= 0.3 is 0 Å². The Morgan fingerprint density at radius 2 is 2.09 bits per heavy atom. The Hall–Kier alpha value is -2.66. The molecule has 0 saturated carbocycles. The van der Waals surface area contributed by atoms with Gasteiger partial charge in [0.25, 0.3) is 5.56 Å². The number of nitrogens with zero attached hydrogens (tertiary/aromatic N) is 2. The Kier molecular flexibility index (Phi) is 3.55. The topological polar surface area (TPSA) is 55.6 Å². The highest BCUT2D eigenvalue weighted by molar-refractivity contribution is 5.38. The lowest BCUT2D eigenvalue weighted by Crippen LogP contribution is -2.30. The summed E-state index contributed by atoms with van der Waals surface area (Å²) in [4.78, 5) is 16.5. The van der Waals surface area contributed by atoms with Crippen molar-refractivity contribution in [3.05, 3.63) is 76.3 Å². The largest absolute Gasteiger partial charge is 0.488 e. The second-order valence-corrected chi connectivity index (χ2v) is 5.70. The molecule has 1 aromatic carbocycles. The van der Waals surface area contributed by atoms with E-state index in [9.17, 15) is 4.79 Å². The van der Waals surface area contributed by atoms with Crippen LogP contribution in [0.2, 0.25) is 0 Å². The van der Waals surface area contributed by atoms with Crippen LogP contribution in [0.25, 0.3) is 5.65 Å². The quantitative estimate of drug-likeness (QED) is 0.798. The Labute approximate surface area is 133 Å². The third kappa shape index (κ3) is 2.83. The highest BCUT2D eigenvalue weighted by atomic mass is 16.5. The van der Waals surface area contributed by atoms with E-state index in [1.54, 1.807) is 16.7 Å². The number of nitrogens with one attached hydrogen (secondary N) is 1. The molecular formula is C18H17N3O2. The Balaban J connectivity index is 1.40. The fraction of sp³-hybridized carbons (Fsp3) is 0.222. The van der Waals surface area contributed by atoms with Crippen molar-refractivity contribution in [2.24, 2.45) is 0 Å². The predicted molar refractivity (Wildman–Crippen MR) is 87.7 cm³/mol. The van der Waals surface area contributed by atoms with Gasteiger partial charge in [-0.25, -0.2) is 4.98 Å². The summed E-state index contributed by atoms with van der Waals surface area (Å²) in [6.45, 7) is 1.28. The van der Waals surface area contributed by atoms with E-state index < -0.39 is 0 Å². The van der Waals surface area contributed by atoms with Gasteiger partial charge in [0.1, 0.15) is 17.5 Å². The molecule has 2 aromatic heterocycles. The van der Waals surface area contributed by atoms with Crippen LogP contribution in [0, 0.1) is 0 Å². The number of para-hydroxylation sites is 1. The number of hydrogen-bond acceptors (Lipinski definition) is 4. The molecule has 4 rings (SSSR count). The van der Waals surface area contributed by atoms with Crippen LogP contribution in [0.5, 0.6) is 5.75 Å². The molecule has 116 valence electrons. The first-order chi connectivity index (χ1) is 11.3. The predicted octanol–water partition coefficient (Wildman–Crippen LogP) is 1.79. The number of hydrogen-bond donors (Lipinski definition) is 1. The van der Waals surface area contributed by atoms with Gasteiger partial charge in [0.2, 0.25) is 0 Å². The van der Waals surface area contributed by atoms with Crippen LogP contribution < -0.4 is 15.6 Å². The van der Waals surface area contributed by atoms with E-state index in [1.807, 2.05) is 36.4 Å². The van der Waals surface area contributed by atoms with E-state index in [-0.39, 0.29) is 11.7 Å². The van der Waals surface area contributed by atoms with E-state index >= 15 is 0 Å². The normalized spacial score (nSPS) is 16.3. The van der Waals surface area contributed by atoms with Crippen molar-refractivity contribution in [1.82, 2.24) is 14.7 Å². The number of aromatic nitrogens is 2. The van der Waals surface area contributed by atoms with Crippen LogP contribution in [-0.4, -0.2) is 22.0 Å². The van der Waals surface area contributed by atoms with Crippen molar-refractivity contribution in [3.8, 4) is 5.75 Å². The van der Waals surface area contributed by atoms with Gasteiger partial charge in [-0.3, -0.25) is 9.20 Å². The summed E-state index contributed by atoms with van der Waals surface area (Å²) < 4.78 is 7.43. The lowest BCUT2D eigenvalue weighted by Gasteiger charge is -2.11. The third-order valence-corrected chi connectivity index (χ3v) is 4.02. The molecule has 0 spiro atoms. The van der Waals surface area contributed by atoms with Crippen molar-refractivity contribution in [3.63, 3.8) is 0 Å². The molecule has 3 aromatic rings. The van der Waals surface area contributed by atoms with Gasteiger partial charge in [-0.15, -0.1) is 0 Å². The minimum Gasteiger partial charge on any atom is -0.488 e. The van der Waals surface area contributed by atoms with Crippen molar-refractivity contribution < 1.29 is 4.74 Å². The van der Waals surface area contributed by atoms with E-state index in [2.05, 4.69) is 16.4 Å². The highest BCUT2D eigenvalue weighted by Gasteiger charge is 2.21. The minimum absolute atomic E-state index is 0.0584. The molecule has 1 atom stereocenters. The summed E-state index contributed by atoms with van der Waals surface area (Å²) in [5, 5.41) is 3.33. The molecule has 1 aliphatic rings. The molecule has 0 saturated heterocycles. The fourth-order valence-electron chi connectivity index (χ4n) is 2.92. The van der Waals surface area contributed by atoms with Gasteiger partial charge in [0, 0.05) is 31.8 Å². The second-order valence-electron chi connectivity index (χ2n) is 5.70. The van der Waals surface area contributed by atoms with E-state index in [4.69, 9.17) is 4.74 Å². The van der Waals surface area contributed by atoms with E-state index in [0.717, 1.165) is 24.4 Å². The van der Waals surface area contributed by atoms with Gasteiger partial charge in [-0.05, 0) is 23.8 Å². The summed E-state index contributed by atoms with van der Waals surface area (Å²) >= 11 is 0. The zero-order chi connectivity index (χ0) is 15.6. The standard InChI is InChI=1S/C18H17N3O2/c22-18-10-14(20-17-7-3-4-8-21(17)18)11-19-12-15-9-13-5-1-2-6-16(13)23-15/h1-8,10,15,19H,9,11-12H2. The molecule has 0 radical (unpaired) electrons. The average molecular weight is 307 g/mol. The summed E-state index contributed by atoms with van der Waals surface area (Å²) in [5.41, 5.74) is 2.61. The maximum absolute atomic E-state index is 12.0.